The van der Waals surface area contributed by atoms with Gasteiger partial charge in [0.1, 0.15) is 0 Å². The van der Waals surface area contributed by atoms with Gasteiger partial charge >= 0.3 is 0 Å². The summed E-state index contributed by atoms with van der Waals surface area (Å²) in [6.45, 7) is 8.24. The van der Waals surface area contributed by atoms with Crippen molar-refractivity contribution in [3.63, 3.8) is 0 Å². The van der Waals surface area contributed by atoms with E-state index in [0.29, 0.717) is 0 Å². The first-order valence-corrected chi connectivity index (χ1v) is 8.50. The molecule has 1 N–H and O–H groups in total. The van der Waals surface area contributed by atoms with Crippen molar-refractivity contribution in [2.75, 3.05) is 6.54 Å². The van der Waals surface area contributed by atoms with Gasteiger partial charge in [-0.05, 0) is 58.9 Å². The second kappa shape index (κ2) is 5.71. The van der Waals surface area contributed by atoms with Crippen LogP contribution in [0.15, 0.2) is 0 Å². The minimum absolute atomic E-state index is 0.752. The summed E-state index contributed by atoms with van der Waals surface area (Å²) in [5.74, 6) is 0. The first-order chi connectivity index (χ1) is 9.20. The molecule has 4 atom stereocenters. The third kappa shape index (κ3) is 2.57. The highest BCUT2D eigenvalue weighted by Crippen LogP contribution is 2.40. The molecule has 3 nitrogen and oxygen atoms in total. The molecular weight excluding hydrogens is 234 g/mol. The summed E-state index contributed by atoms with van der Waals surface area (Å²) < 4.78 is 0. The molecule has 0 aliphatic carbocycles. The fourth-order valence-corrected chi connectivity index (χ4v) is 4.85. The monoisotopic (exact) mass is 265 g/mol. The number of rotatable bonds is 3. The topological polar surface area (TPSA) is 18.5 Å². The molecule has 0 aromatic rings. The molecule has 3 saturated heterocycles. The number of hydrogen-bond acceptors (Lipinski definition) is 3. The van der Waals surface area contributed by atoms with Crippen LogP contribution in [-0.4, -0.2) is 46.8 Å². The SMILES string of the molecule is CCNC1CC2CCC(C1)N2N1C(C)CCCC1C. The predicted octanol–water partition coefficient (Wildman–Crippen LogP) is 2.77. The lowest BCUT2D eigenvalue weighted by Gasteiger charge is -2.52. The first kappa shape index (κ1) is 13.8. The number of hydrogen-bond donors (Lipinski definition) is 1. The molecule has 110 valence electrons. The Morgan fingerprint density at radius 3 is 2.00 bits per heavy atom. The number of nitrogens with zero attached hydrogens (tertiary/aromatic N) is 2. The van der Waals surface area contributed by atoms with Gasteiger partial charge in [0.15, 0.2) is 0 Å². The maximum absolute atomic E-state index is 3.69. The Labute approximate surface area is 118 Å². The quantitative estimate of drug-likeness (QED) is 0.846. The fraction of sp³-hybridized carbons (Fsp3) is 1.00. The molecular formula is C16H31N3. The van der Waals surface area contributed by atoms with Crippen molar-refractivity contribution in [3.8, 4) is 0 Å². The lowest BCUT2D eigenvalue weighted by molar-refractivity contribution is -0.151. The average Bonchev–Trinajstić information content (AvgIpc) is 2.63. The highest BCUT2D eigenvalue weighted by molar-refractivity contribution is 4.98. The molecule has 3 heteroatoms. The van der Waals surface area contributed by atoms with Crippen LogP contribution in [0.4, 0.5) is 0 Å². The Balaban J connectivity index is 1.72. The van der Waals surface area contributed by atoms with Crippen LogP contribution in [0.1, 0.15) is 65.7 Å². The molecule has 3 rings (SSSR count). The molecule has 19 heavy (non-hydrogen) atoms. The standard InChI is InChI=1S/C16H31N3/c1-4-17-14-10-15-8-9-16(11-14)19(15)18-12(2)6-5-7-13(18)3/h12-17H,4-11H2,1-3H3. The van der Waals surface area contributed by atoms with Crippen molar-refractivity contribution in [2.45, 2.75) is 95.9 Å². The molecule has 0 aromatic carbocycles. The van der Waals surface area contributed by atoms with E-state index in [1.165, 1.54) is 44.9 Å². The van der Waals surface area contributed by atoms with Gasteiger partial charge in [0, 0.05) is 30.2 Å². The van der Waals surface area contributed by atoms with E-state index < -0.39 is 0 Å². The molecule has 3 fully saturated rings. The highest BCUT2D eigenvalue weighted by atomic mass is 15.7. The van der Waals surface area contributed by atoms with Gasteiger partial charge in [0.2, 0.25) is 0 Å². The largest absolute Gasteiger partial charge is 0.314 e. The Morgan fingerprint density at radius 2 is 1.47 bits per heavy atom. The summed E-state index contributed by atoms with van der Waals surface area (Å²) in [4.78, 5) is 0. The third-order valence-electron chi connectivity index (χ3n) is 5.60. The number of fused-ring (bicyclic) bond motifs is 2. The average molecular weight is 265 g/mol. The van der Waals surface area contributed by atoms with Crippen LogP contribution in [0.2, 0.25) is 0 Å². The smallest absolute Gasteiger partial charge is 0.0264 e. The van der Waals surface area contributed by atoms with Crippen molar-refractivity contribution in [3.05, 3.63) is 0 Å². The van der Waals surface area contributed by atoms with Gasteiger partial charge in [-0.1, -0.05) is 13.3 Å². The van der Waals surface area contributed by atoms with Gasteiger partial charge in [0.25, 0.3) is 0 Å². The zero-order valence-electron chi connectivity index (χ0n) is 12.9. The Morgan fingerprint density at radius 1 is 0.895 bits per heavy atom. The van der Waals surface area contributed by atoms with E-state index in [2.05, 4.69) is 36.1 Å². The summed E-state index contributed by atoms with van der Waals surface area (Å²) in [6, 6.07) is 3.90. The van der Waals surface area contributed by atoms with Gasteiger partial charge in [-0.25, -0.2) is 10.0 Å². The van der Waals surface area contributed by atoms with Gasteiger partial charge in [-0.15, -0.1) is 0 Å². The van der Waals surface area contributed by atoms with E-state index in [0.717, 1.165) is 36.8 Å². The van der Waals surface area contributed by atoms with Gasteiger partial charge in [-0.3, -0.25) is 0 Å². The first-order valence-electron chi connectivity index (χ1n) is 8.50. The molecule has 4 unspecified atom stereocenters. The molecule has 3 aliphatic heterocycles. The molecule has 0 radical (unpaired) electrons. The van der Waals surface area contributed by atoms with Crippen molar-refractivity contribution in [2.24, 2.45) is 0 Å². The van der Waals surface area contributed by atoms with Crippen LogP contribution in [0.25, 0.3) is 0 Å². The molecule has 0 aromatic heterocycles. The lowest BCUT2D eigenvalue weighted by atomic mass is 9.95. The third-order valence-corrected chi connectivity index (χ3v) is 5.60. The van der Waals surface area contributed by atoms with Gasteiger partial charge in [0.05, 0.1) is 0 Å². The second-order valence-corrected chi connectivity index (χ2v) is 7.00. The van der Waals surface area contributed by atoms with Crippen molar-refractivity contribution >= 4 is 0 Å². The maximum atomic E-state index is 3.69. The van der Waals surface area contributed by atoms with E-state index in [1.54, 1.807) is 0 Å². The summed E-state index contributed by atoms with van der Waals surface area (Å²) in [6.07, 6.45) is 9.75. The van der Waals surface area contributed by atoms with E-state index in [-0.39, 0.29) is 0 Å². The Kier molecular flexibility index (Phi) is 4.16. The molecule has 3 heterocycles. The maximum Gasteiger partial charge on any atom is 0.0264 e. The van der Waals surface area contributed by atoms with E-state index >= 15 is 0 Å². The summed E-state index contributed by atoms with van der Waals surface area (Å²) in [7, 11) is 0. The minimum Gasteiger partial charge on any atom is -0.314 e. The number of piperidine rings is 2. The Hall–Kier alpha value is -0.120. The van der Waals surface area contributed by atoms with Crippen LogP contribution in [0.5, 0.6) is 0 Å². The predicted molar refractivity (Wildman–Crippen MR) is 80.0 cm³/mol. The van der Waals surface area contributed by atoms with E-state index in [4.69, 9.17) is 0 Å². The zero-order chi connectivity index (χ0) is 13.4. The van der Waals surface area contributed by atoms with Crippen LogP contribution >= 0.6 is 0 Å². The van der Waals surface area contributed by atoms with Gasteiger partial charge in [-0.2, -0.15) is 0 Å². The lowest BCUT2D eigenvalue weighted by Crippen LogP contribution is -2.62. The second-order valence-electron chi connectivity index (χ2n) is 7.00. The number of hydrazine groups is 1. The summed E-state index contributed by atoms with van der Waals surface area (Å²) in [5, 5.41) is 9.28. The van der Waals surface area contributed by atoms with Crippen LogP contribution < -0.4 is 5.32 Å². The van der Waals surface area contributed by atoms with E-state index in [1.807, 2.05) is 0 Å². The van der Waals surface area contributed by atoms with Crippen molar-refractivity contribution in [1.82, 2.24) is 15.3 Å². The van der Waals surface area contributed by atoms with Crippen LogP contribution in [0, 0.1) is 0 Å². The van der Waals surface area contributed by atoms with Crippen molar-refractivity contribution < 1.29 is 0 Å². The van der Waals surface area contributed by atoms with Crippen molar-refractivity contribution in [1.29, 1.82) is 0 Å². The highest BCUT2D eigenvalue weighted by Gasteiger charge is 2.45. The normalized spacial score (nSPS) is 44.7. The molecule has 3 aliphatic rings. The minimum atomic E-state index is 0.752. The molecule has 0 saturated carbocycles. The summed E-state index contributed by atoms with van der Waals surface area (Å²) >= 11 is 0. The zero-order valence-corrected chi connectivity index (χ0v) is 12.9. The summed E-state index contributed by atoms with van der Waals surface area (Å²) in [5.41, 5.74) is 0. The molecule has 2 bridgehead atoms. The molecule has 0 spiro atoms. The van der Waals surface area contributed by atoms with Crippen LogP contribution in [0.3, 0.4) is 0 Å². The fourth-order valence-electron chi connectivity index (χ4n) is 4.85. The number of nitrogens with one attached hydrogen (secondary N) is 1. The molecule has 0 amide bonds. The van der Waals surface area contributed by atoms with Gasteiger partial charge < -0.3 is 5.32 Å². The van der Waals surface area contributed by atoms with Crippen LogP contribution in [-0.2, 0) is 0 Å². The Bertz CT molecular complexity index is 282. The van der Waals surface area contributed by atoms with E-state index in [9.17, 15) is 0 Å².